The quantitative estimate of drug-likeness (QED) is 0.674. The Balaban J connectivity index is 2.15. The van der Waals surface area contributed by atoms with Gasteiger partial charge in [0.1, 0.15) is 6.10 Å². The molecule has 21 heavy (non-hydrogen) atoms. The Labute approximate surface area is 124 Å². The number of aliphatic hydroxyl groups is 1. The fourth-order valence-electron chi connectivity index (χ4n) is 2.03. The maximum Gasteiger partial charge on any atom is 0.336 e. The molecule has 0 aliphatic heterocycles. The third-order valence-corrected chi connectivity index (χ3v) is 3.20. The Morgan fingerprint density at radius 2 is 1.67 bits per heavy atom. The van der Waals surface area contributed by atoms with Crippen molar-refractivity contribution in [2.24, 2.45) is 0 Å². The second-order valence-electron chi connectivity index (χ2n) is 4.64. The van der Waals surface area contributed by atoms with Gasteiger partial charge in [0.2, 0.25) is 0 Å². The molecule has 2 aromatic rings. The van der Waals surface area contributed by atoms with Crippen LogP contribution in [0.4, 0.5) is 0 Å². The van der Waals surface area contributed by atoms with E-state index in [2.05, 4.69) is 6.58 Å². The van der Waals surface area contributed by atoms with Crippen LogP contribution in [0.1, 0.15) is 18.6 Å². The molecule has 1 N–H and O–H groups in total. The summed E-state index contributed by atoms with van der Waals surface area (Å²) in [5.74, 6) is -0.572. The van der Waals surface area contributed by atoms with Crippen molar-refractivity contribution in [1.82, 2.24) is 0 Å². The summed E-state index contributed by atoms with van der Waals surface area (Å²) in [5, 5.41) is 10.1. The molecule has 1 unspecified atom stereocenters. The highest BCUT2D eigenvalue weighted by Gasteiger charge is 2.19. The van der Waals surface area contributed by atoms with Crippen LogP contribution in [0, 0.1) is 0 Å². The Morgan fingerprint density at radius 1 is 1.10 bits per heavy atom. The zero-order valence-corrected chi connectivity index (χ0v) is 12.0. The minimum absolute atomic E-state index is 0.0457. The SMILES string of the molecule is C=C(C(=O)OCC)C(O)c1ccc(-c2ccccc2)cc1. The molecule has 2 rings (SSSR count). The average molecular weight is 282 g/mol. The van der Waals surface area contributed by atoms with Crippen molar-refractivity contribution in [1.29, 1.82) is 0 Å². The number of hydrogen-bond donors (Lipinski definition) is 1. The van der Waals surface area contributed by atoms with Gasteiger partial charge in [-0.2, -0.15) is 0 Å². The van der Waals surface area contributed by atoms with Crippen LogP contribution in [0.2, 0.25) is 0 Å². The fraction of sp³-hybridized carbons (Fsp3) is 0.167. The fourth-order valence-corrected chi connectivity index (χ4v) is 2.03. The summed E-state index contributed by atoms with van der Waals surface area (Å²) in [6.45, 7) is 5.58. The smallest absolute Gasteiger partial charge is 0.336 e. The van der Waals surface area contributed by atoms with Gasteiger partial charge >= 0.3 is 5.97 Å². The van der Waals surface area contributed by atoms with Crippen LogP contribution in [0.3, 0.4) is 0 Å². The van der Waals surface area contributed by atoms with E-state index in [1.807, 2.05) is 42.5 Å². The minimum atomic E-state index is -1.05. The van der Waals surface area contributed by atoms with E-state index in [-0.39, 0.29) is 12.2 Å². The summed E-state index contributed by atoms with van der Waals surface area (Å²) in [4.78, 5) is 11.6. The number of aliphatic hydroxyl groups excluding tert-OH is 1. The van der Waals surface area contributed by atoms with Crippen molar-refractivity contribution >= 4 is 5.97 Å². The summed E-state index contributed by atoms with van der Waals surface area (Å²) < 4.78 is 4.84. The van der Waals surface area contributed by atoms with Crippen molar-refractivity contribution in [3.8, 4) is 11.1 Å². The third-order valence-electron chi connectivity index (χ3n) is 3.20. The second-order valence-corrected chi connectivity index (χ2v) is 4.64. The molecule has 0 saturated carbocycles. The molecule has 1 atom stereocenters. The lowest BCUT2D eigenvalue weighted by molar-refractivity contribution is -0.139. The van der Waals surface area contributed by atoms with Crippen molar-refractivity contribution in [3.63, 3.8) is 0 Å². The molecule has 3 heteroatoms. The van der Waals surface area contributed by atoms with Gasteiger partial charge in [-0.05, 0) is 23.6 Å². The van der Waals surface area contributed by atoms with E-state index in [1.165, 1.54) is 0 Å². The maximum absolute atomic E-state index is 11.6. The van der Waals surface area contributed by atoms with E-state index in [0.29, 0.717) is 5.56 Å². The van der Waals surface area contributed by atoms with Gasteiger partial charge in [0.15, 0.2) is 0 Å². The zero-order chi connectivity index (χ0) is 15.2. The molecule has 0 bridgehead atoms. The number of esters is 1. The molecule has 0 radical (unpaired) electrons. The molecule has 3 nitrogen and oxygen atoms in total. The first kappa shape index (κ1) is 15.0. The average Bonchev–Trinajstić information content (AvgIpc) is 2.54. The molecular formula is C18H18O3. The number of carbonyl (C=O) groups is 1. The third kappa shape index (κ3) is 3.58. The van der Waals surface area contributed by atoms with Crippen LogP contribution < -0.4 is 0 Å². The molecule has 108 valence electrons. The van der Waals surface area contributed by atoms with Crippen LogP contribution in [-0.2, 0) is 9.53 Å². The molecule has 0 amide bonds. The molecule has 0 heterocycles. The molecule has 0 aliphatic carbocycles. The Morgan fingerprint density at radius 3 is 2.24 bits per heavy atom. The van der Waals surface area contributed by atoms with Crippen molar-refractivity contribution in [2.75, 3.05) is 6.61 Å². The number of benzene rings is 2. The summed E-state index contributed by atoms with van der Waals surface area (Å²) in [6.07, 6.45) is -1.05. The topological polar surface area (TPSA) is 46.5 Å². The maximum atomic E-state index is 11.6. The largest absolute Gasteiger partial charge is 0.463 e. The van der Waals surface area contributed by atoms with Gasteiger partial charge in [0.05, 0.1) is 12.2 Å². The van der Waals surface area contributed by atoms with Crippen LogP contribution >= 0.6 is 0 Å². The van der Waals surface area contributed by atoms with E-state index in [9.17, 15) is 9.90 Å². The van der Waals surface area contributed by atoms with Gasteiger partial charge in [-0.25, -0.2) is 4.79 Å². The highest BCUT2D eigenvalue weighted by molar-refractivity contribution is 5.89. The standard InChI is InChI=1S/C18H18O3/c1-3-21-18(20)13(2)17(19)16-11-9-15(10-12-16)14-7-5-4-6-8-14/h4-12,17,19H,2-3H2,1H3. The number of carbonyl (C=O) groups excluding carboxylic acids is 1. The first-order valence-corrected chi connectivity index (χ1v) is 6.83. The van der Waals surface area contributed by atoms with E-state index < -0.39 is 12.1 Å². The summed E-state index contributed by atoms with van der Waals surface area (Å²) in [7, 11) is 0. The highest BCUT2D eigenvalue weighted by atomic mass is 16.5. The summed E-state index contributed by atoms with van der Waals surface area (Å²) in [6, 6.07) is 17.3. The van der Waals surface area contributed by atoms with Crippen LogP contribution in [0.15, 0.2) is 66.7 Å². The first-order valence-electron chi connectivity index (χ1n) is 6.83. The lowest BCUT2D eigenvalue weighted by atomic mass is 9.99. The summed E-state index contributed by atoms with van der Waals surface area (Å²) >= 11 is 0. The zero-order valence-electron chi connectivity index (χ0n) is 12.0. The summed E-state index contributed by atoms with van der Waals surface area (Å²) in [5.41, 5.74) is 2.81. The van der Waals surface area contributed by atoms with Gasteiger partial charge in [-0.3, -0.25) is 0 Å². The van der Waals surface area contributed by atoms with E-state index in [1.54, 1.807) is 19.1 Å². The first-order chi connectivity index (χ1) is 10.1. The minimum Gasteiger partial charge on any atom is -0.463 e. The van der Waals surface area contributed by atoms with Gasteiger partial charge < -0.3 is 9.84 Å². The lowest BCUT2D eigenvalue weighted by Crippen LogP contribution is -2.13. The number of hydrogen-bond acceptors (Lipinski definition) is 3. The Bertz CT molecular complexity index is 615. The second kappa shape index (κ2) is 6.86. The van der Waals surface area contributed by atoms with E-state index >= 15 is 0 Å². The molecule has 0 aromatic heterocycles. The normalized spacial score (nSPS) is 11.7. The van der Waals surface area contributed by atoms with Gasteiger partial charge in [-0.1, -0.05) is 61.2 Å². The Hall–Kier alpha value is -2.39. The van der Waals surface area contributed by atoms with Crippen LogP contribution in [0.5, 0.6) is 0 Å². The van der Waals surface area contributed by atoms with Gasteiger partial charge in [0.25, 0.3) is 0 Å². The predicted octanol–water partition coefficient (Wildman–Crippen LogP) is 3.51. The van der Waals surface area contributed by atoms with Crippen LogP contribution in [0.25, 0.3) is 11.1 Å². The number of rotatable bonds is 5. The van der Waals surface area contributed by atoms with Gasteiger partial charge in [0, 0.05) is 0 Å². The van der Waals surface area contributed by atoms with E-state index in [4.69, 9.17) is 4.74 Å². The molecule has 0 fully saturated rings. The van der Waals surface area contributed by atoms with E-state index in [0.717, 1.165) is 11.1 Å². The van der Waals surface area contributed by atoms with Crippen molar-refractivity contribution in [3.05, 3.63) is 72.3 Å². The van der Waals surface area contributed by atoms with Gasteiger partial charge in [-0.15, -0.1) is 0 Å². The van der Waals surface area contributed by atoms with Crippen molar-refractivity contribution < 1.29 is 14.6 Å². The van der Waals surface area contributed by atoms with Crippen molar-refractivity contribution in [2.45, 2.75) is 13.0 Å². The predicted molar refractivity (Wildman–Crippen MR) is 82.6 cm³/mol. The highest BCUT2D eigenvalue weighted by Crippen LogP contribution is 2.25. The molecule has 0 saturated heterocycles. The molecule has 0 aliphatic rings. The lowest BCUT2D eigenvalue weighted by Gasteiger charge is -2.13. The molecular weight excluding hydrogens is 264 g/mol. The Kier molecular flexibility index (Phi) is 4.90. The molecule has 2 aromatic carbocycles. The number of ether oxygens (including phenoxy) is 1. The van der Waals surface area contributed by atoms with Crippen LogP contribution in [-0.4, -0.2) is 17.7 Å². The molecule has 0 spiro atoms. The monoisotopic (exact) mass is 282 g/mol.